The minimum absolute atomic E-state index is 0.0397. The number of anilines is 1. The molecule has 0 fully saturated rings. The fraction of sp³-hybridized carbons (Fsp3) is 0.219. The number of hydrogen-bond donors (Lipinski definition) is 2. The van der Waals surface area contributed by atoms with Crippen molar-refractivity contribution >= 4 is 23.3 Å². The maximum atomic E-state index is 13.8. The topological polar surface area (TPSA) is 123 Å². The summed E-state index contributed by atoms with van der Waals surface area (Å²) in [7, 11) is 0. The number of nitrogens with two attached hydrogens (primary N) is 1. The first kappa shape index (κ1) is 31.1. The summed E-state index contributed by atoms with van der Waals surface area (Å²) in [6.45, 7) is 2.96. The van der Waals surface area contributed by atoms with Gasteiger partial charge in [-0.05, 0) is 54.8 Å². The normalized spacial score (nSPS) is 15.0. The Balaban J connectivity index is 1.52. The Bertz CT molecular complexity index is 1730. The summed E-state index contributed by atoms with van der Waals surface area (Å²) in [6.07, 6.45) is -3.27. The lowest BCUT2D eigenvalue weighted by Crippen LogP contribution is -2.53. The smallest absolute Gasteiger partial charge is 0.416 e. The molecule has 0 bridgehead atoms. The molecule has 2 heterocycles. The fourth-order valence-electron chi connectivity index (χ4n) is 4.60. The van der Waals surface area contributed by atoms with Gasteiger partial charge in [-0.2, -0.15) is 23.3 Å². The van der Waals surface area contributed by atoms with Crippen molar-refractivity contribution in [2.75, 3.05) is 11.6 Å². The van der Waals surface area contributed by atoms with Crippen molar-refractivity contribution in [3.05, 3.63) is 119 Å². The molecule has 1 unspecified atom stereocenters. The first-order valence-electron chi connectivity index (χ1n) is 13.8. The first-order chi connectivity index (χ1) is 21.3. The van der Waals surface area contributed by atoms with Crippen LogP contribution in [0.4, 0.5) is 23.4 Å². The molecule has 232 valence electrons. The molecular weight excluding hydrogens is 592 g/mol. The second kappa shape index (κ2) is 12.3. The Morgan fingerprint density at radius 3 is 2.29 bits per heavy atom. The predicted molar refractivity (Wildman–Crippen MR) is 158 cm³/mol. The average molecular weight is 621 g/mol. The highest BCUT2D eigenvalue weighted by Gasteiger charge is 2.35. The third-order valence-electron chi connectivity index (χ3n) is 7.18. The number of hydrazone groups is 1. The van der Waals surface area contributed by atoms with E-state index in [1.54, 1.807) is 12.1 Å². The zero-order chi connectivity index (χ0) is 32.4. The summed E-state index contributed by atoms with van der Waals surface area (Å²) in [5.41, 5.74) is 5.80. The lowest BCUT2D eigenvalue weighted by Gasteiger charge is -2.24. The van der Waals surface area contributed by atoms with Crippen molar-refractivity contribution in [3.63, 3.8) is 0 Å². The van der Waals surface area contributed by atoms with Crippen molar-refractivity contribution in [1.82, 2.24) is 15.3 Å². The SMILES string of the molecule is CC(C)(NC(=O)c1cnc(OCc2ccc(C(F)(F)F)cc2)nc1N1CC(c2ccccc2)C(c2ccc(F)cc2)=N1)C(N)=O. The quantitative estimate of drug-likeness (QED) is 0.248. The molecule has 0 saturated heterocycles. The Morgan fingerprint density at radius 1 is 1.00 bits per heavy atom. The van der Waals surface area contributed by atoms with Gasteiger partial charge in [-0.25, -0.2) is 14.4 Å². The van der Waals surface area contributed by atoms with Crippen molar-refractivity contribution < 1.29 is 31.9 Å². The van der Waals surface area contributed by atoms with Crippen molar-refractivity contribution in [3.8, 4) is 6.01 Å². The Hall–Kier alpha value is -5.33. The highest BCUT2D eigenvalue weighted by molar-refractivity contribution is 6.08. The molecule has 0 aliphatic carbocycles. The van der Waals surface area contributed by atoms with Gasteiger partial charge in [-0.1, -0.05) is 54.6 Å². The number of primary amides is 1. The molecule has 3 N–H and O–H groups in total. The second-order valence-corrected chi connectivity index (χ2v) is 10.9. The molecule has 13 heteroatoms. The fourth-order valence-corrected chi connectivity index (χ4v) is 4.60. The van der Waals surface area contributed by atoms with Crippen LogP contribution < -0.4 is 20.8 Å². The van der Waals surface area contributed by atoms with Crippen LogP contribution in [-0.4, -0.2) is 39.6 Å². The largest absolute Gasteiger partial charge is 0.459 e. The van der Waals surface area contributed by atoms with Crippen LogP contribution in [0, 0.1) is 5.82 Å². The highest BCUT2D eigenvalue weighted by Crippen LogP contribution is 2.34. The van der Waals surface area contributed by atoms with Crippen LogP contribution in [0.15, 0.2) is 90.2 Å². The zero-order valence-electron chi connectivity index (χ0n) is 24.2. The number of alkyl halides is 3. The Morgan fingerprint density at radius 2 is 1.67 bits per heavy atom. The van der Waals surface area contributed by atoms with E-state index in [0.717, 1.165) is 17.7 Å². The van der Waals surface area contributed by atoms with Gasteiger partial charge in [-0.15, -0.1) is 0 Å². The van der Waals surface area contributed by atoms with E-state index in [0.29, 0.717) is 16.8 Å². The summed E-state index contributed by atoms with van der Waals surface area (Å²) >= 11 is 0. The molecule has 1 aromatic heterocycles. The molecule has 0 saturated carbocycles. The van der Waals surface area contributed by atoms with Gasteiger partial charge >= 0.3 is 12.2 Å². The molecule has 3 aromatic carbocycles. The van der Waals surface area contributed by atoms with Gasteiger partial charge in [0.1, 0.15) is 23.5 Å². The molecule has 5 rings (SSSR count). The number of aromatic nitrogens is 2. The van der Waals surface area contributed by atoms with Crippen LogP contribution in [0.25, 0.3) is 0 Å². The summed E-state index contributed by atoms with van der Waals surface area (Å²) < 4.78 is 58.4. The summed E-state index contributed by atoms with van der Waals surface area (Å²) in [5.74, 6) is -2.14. The van der Waals surface area contributed by atoms with E-state index in [9.17, 15) is 27.2 Å². The monoisotopic (exact) mass is 620 g/mol. The third-order valence-corrected chi connectivity index (χ3v) is 7.18. The maximum absolute atomic E-state index is 13.8. The van der Waals surface area contributed by atoms with E-state index in [4.69, 9.17) is 15.6 Å². The Labute approximate surface area is 255 Å². The standard InChI is InChI=1S/C32H28F4N6O3/c1-31(2,29(37)44)40-28(43)24-16-38-30(45-18-19-8-12-22(13-9-19)32(34,35)36)39-27(24)42-17-25(20-6-4-3-5-7-20)26(41-42)21-10-14-23(33)15-11-21/h3-16,25H,17-18H2,1-2H3,(H2,37,44)(H,40,43). The van der Waals surface area contributed by atoms with Crippen LogP contribution in [0.2, 0.25) is 0 Å². The van der Waals surface area contributed by atoms with Gasteiger partial charge in [0.25, 0.3) is 5.91 Å². The molecule has 1 atom stereocenters. The highest BCUT2D eigenvalue weighted by atomic mass is 19.4. The number of nitrogens with one attached hydrogen (secondary N) is 1. The number of carbonyl (C=O) groups is 2. The molecule has 0 radical (unpaired) electrons. The first-order valence-corrected chi connectivity index (χ1v) is 13.8. The number of nitrogens with zero attached hydrogens (tertiary/aromatic N) is 4. The zero-order valence-corrected chi connectivity index (χ0v) is 24.2. The maximum Gasteiger partial charge on any atom is 0.416 e. The van der Waals surface area contributed by atoms with Gasteiger partial charge in [0, 0.05) is 12.1 Å². The summed E-state index contributed by atoms with van der Waals surface area (Å²) in [4.78, 5) is 34.0. The number of ether oxygens (including phenoxy) is 1. The number of halogens is 4. The van der Waals surface area contributed by atoms with Crippen LogP contribution in [0.3, 0.4) is 0 Å². The number of rotatable bonds is 9. The minimum Gasteiger partial charge on any atom is -0.459 e. The molecule has 2 amide bonds. The molecule has 4 aromatic rings. The number of benzene rings is 3. The molecule has 45 heavy (non-hydrogen) atoms. The van der Waals surface area contributed by atoms with Crippen LogP contribution in [-0.2, 0) is 17.6 Å². The van der Waals surface area contributed by atoms with E-state index in [1.165, 1.54) is 49.3 Å². The lowest BCUT2D eigenvalue weighted by molar-refractivity contribution is -0.137. The second-order valence-electron chi connectivity index (χ2n) is 10.9. The molecule has 0 spiro atoms. The van der Waals surface area contributed by atoms with Gasteiger partial charge < -0.3 is 15.8 Å². The number of carbonyl (C=O) groups excluding carboxylic acids is 2. The van der Waals surface area contributed by atoms with E-state index in [1.807, 2.05) is 30.3 Å². The predicted octanol–water partition coefficient (Wildman–Crippen LogP) is 5.22. The number of hydrogen-bond acceptors (Lipinski definition) is 7. The van der Waals surface area contributed by atoms with Gasteiger partial charge in [0.2, 0.25) is 5.91 Å². The van der Waals surface area contributed by atoms with Gasteiger partial charge in [0.05, 0.1) is 17.8 Å². The van der Waals surface area contributed by atoms with E-state index >= 15 is 0 Å². The number of amides is 2. The molecular formula is C32H28F4N6O3. The molecule has 9 nitrogen and oxygen atoms in total. The molecule has 1 aliphatic heterocycles. The molecule has 1 aliphatic rings. The Kier molecular flexibility index (Phi) is 8.53. The van der Waals surface area contributed by atoms with E-state index < -0.39 is 34.9 Å². The van der Waals surface area contributed by atoms with Crippen LogP contribution in [0.1, 0.15) is 52.4 Å². The van der Waals surface area contributed by atoms with Crippen molar-refractivity contribution in [2.24, 2.45) is 10.8 Å². The average Bonchev–Trinajstić information content (AvgIpc) is 3.46. The lowest BCUT2D eigenvalue weighted by atomic mass is 9.90. The van der Waals surface area contributed by atoms with E-state index in [2.05, 4.69) is 15.3 Å². The van der Waals surface area contributed by atoms with Crippen molar-refractivity contribution in [2.45, 2.75) is 38.1 Å². The summed E-state index contributed by atoms with van der Waals surface area (Å²) in [5, 5.41) is 8.86. The minimum atomic E-state index is -4.47. The van der Waals surface area contributed by atoms with Crippen LogP contribution in [0.5, 0.6) is 6.01 Å². The van der Waals surface area contributed by atoms with Crippen LogP contribution >= 0.6 is 0 Å². The van der Waals surface area contributed by atoms with Crippen molar-refractivity contribution in [1.29, 1.82) is 0 Å². The van der Waals surface area contributed by atoms with E-state index in [-0.39, 0.29) is 36.5 Å². The summed E-state index contributed by atoms with van der Waals surface area (Å²) in [6, 6.07) is 19.6. The van der Waals surface area contributed by atoms with Gasteiger partial charge in [0.15, 0.2) is 5.82 Å². The van der Waals surface area contributed by atoms with Gasteiger partial charge in [-0.3, -0.25) is 9.59 Å². The third kappa shape index (κ3) is 7.08.